The Bertz CT molecular complexity index is 143. The second kappa shape index (κ2) is 5.14. The molecule has 0 aromatic heterocycles. The third-order valence-electron chi connectivity index (χ3n) is 1.87. The van der Waals surface area contributed by atoms with E-state index in [9.17, 15) is 4.79 Å². The van der Waals surface area contributed by atoms with Crippen molar-refractivity contribution in [2.45, 2.75) is 33.7 Å². The van der Waals surface area contributed by atoms with Crippen molar-refractivity contribution in [2.75, 3.05) is 6.54 Å². The van der Waals surface area contributed by atoms with Gasteiger partial charge in [-0.15, -0.1) is 0 Å². The molecule has 0 aromatic carbocycles. The summed E-state index contributed by atoms with van der Waals surface area (Å²) in [6.45, 7) is 8.45. The summed E-state index contributed by atoms with van der Waals surface area (Å²) in [4.78, 5) is 10.7. The lowest BCUT2D eigenvalue weighted by Gasteiger charge is -2.18. The molecule has 0 aliphatic rings. The Balaban J connectivity index is 3.88. The van der Waals surface area contributed by atoms with Crippen LogP contribution in [0.2, 0.25) is 0 Å². The maximum Gasteiger partial charge on any atom is 0.308 e. The van der Waals surface area contributed by atoms with Crippen molar-refractivity contribution >= 4 is 5.97 Å². The number of carboxylic acids is 1. The summed E-state index contributed by atoms with van der Waals surface area (Å²) < 4.78 is 0. The number of hydrogen-bond donors (Lipinski definition) is 2. The van der Waals surface area contributed by atoms with Gasteiger partial charge in [0.2, 0.25) is 0 Å². The molecule has 0 radical (unpaired) electrons. The quantitative estimate of drug-likeness (QED) is 0.659. The van der Waals surface area contributed by atoms with Crippen LogP contribution in [0.1, 0.15) is 27.7 Å². The minimum Gasteiger partial charge on any atom is -0.481 e. The van der Waals surface area contributed by atoms with E-state index in [1.54, 1.807) is 0 Å². The SMILES string of the molecule is CC(C)NCC(C(=O)O)C(C)C. The molecular formula is C9H19NO2. The zero-order chi connectivity index (χ0) is 9.72. The Hall–Kier alpha value is -0.570. The number of aliphatic carboxylic acids is 1. The normalized spacial score (nSPS) is 13.8. The van der Waals surface area contributed by atoms with Gasteiger partial charge in [-0.2, -0.15) is 0 Å². The third-order valence-corrected chi connectivity index (χ3v) is 1.87. The van der Waals surface area contributed by atoms with Gasteiger partial charge in [0.1, 0.15) is 0 Å². The fourth-order valence-corrected chi connectivity index (χ4v) is 0.971. The first-order valence-electron chi connectivity index (χ1n) is 4.41. The summed E-state index contributed by atoms with van der Waals surface area (Å²) in [7, 11) is 0. The van der Waals surface area contributed by atoms with Gasteiger partial charge in [0.25, 0.3) is 0 Å². The third kappa shape index (κ3) is 4.34. The molecule has 1 unspecified atom stereocenters. The highest BCUT2D eigenvalue weighted by atomic mass is 16.4. The van der Waals surface area contributed by atoms with Gasteiger partial charge in [0, 0.05) is 12.6 Å². The smallest absolute Gasteiger partial charge is 0.308 e. The van der Waals surface area contributed by atoms with E-state index in [-0.39, 0.29) is 11.8 Å². The van der Waals surface area contributed by atoms with Gasteiger partial charge >= 0.3 is 5.97 Å². The van der Waals surface area contributed by atoms with Crippen LogP contribution >= 0.6 is 0 Å². The van der Waals surface area contributed by atoms with E-state index in [0.717, 1.165) is 0 Å². The van der Waals surface area contributed by atoms with Gasteiger partial charge in [-0.25, -0.2) is 0 Å². The van der Waals surface area contributed by atoms with E-state index in [0.29, 0.717) is 12.6 Å². The Kier molecular flexibility index (Phi) is 4.90. The predicted octanol–water partition coefficient (Wildman–Crippen LogP) is 1.34. The van der Waals surface area contributed by atoms with Crippen LogP contribution in [0.25, 0.3) is 0 Å². The van der Waals surface area contributed by atoms with Gasteiger partial charge in [-0.05, 0) is 5.92 Å². The summed E-state index contributed by atoms with van der Waals surface area (Å²) >= 11 is 0. The fourth-order valence-electron chi connectivity index (χ4n) is 0.971. The largest absolute Gasteiger partial charge is 0.481 e. The zero-order valence-corrected chi connectivity index (χ0v) is 8.29. The van der Waals surface area contributed by atoms with Crippen molar-refractivity contribution in [3.05, 3.63) is 0 Å². The van der Waals surface area contributed by atoms with Crippen LogP contribution in [-0.2, 0) is 4.79 Å². The molecule has 0 rings (SSSR count). The molecule has 0 amide bonds. The Morgan fingerprint density at radius 2 is 1.83 bits per heavy atom. The lowest BCUT2D eigenvalue weighted by atomic mass is 9.96. The molecule has 3 heteroatoms. The highest BCUT2D eigenvalue weighted by molar-refractivity contribution is 5.70. The van der Waals surface area contributed by atoms with Crippen LogP contribution in [0, 0.1) is 11.8 Å². The summed E-state index contributed by atoms with van der Waals surface area (Å²) in [6.07, 6.45) is 0. The predicted molar refractivity (Wildman–Crippen MR) is 49.1 cm³/mol. The first kappa shape index (κ1) is 11.4. The van der Waals surface area contributed by atoms with Crippen LogP contribution in [0.5, 0.6) is 0 Å². The van der Waals surface area contributed by atoms with Crippen molar-refractivity contribution in [3.63, 3.8) is 0 Å². The average molecular weight is 173 g/mol. The molecule has 1 atom stereocenters. The highest BCUT2D eigenvalue weighted by Gasteiger charge is 2.20. The molecule has 0 spiro atoms. The number of nitrogens with one attached hydrogen (secondary N) is 1. The van der Waals surface area contributed by atoms with Gasteiger partial charge in [0.15, 0.2) is 0 Å². The average Bonchev–Trinajstić information content (AvgIpc) is 1.84. The molecule has 0 heterocycles. The number of carboxylic acid groups (broad SMARTS) is 1. The fraction of sp³-hybridized carbons (Fsp3) is 0.889. The molecule has 0 aliphatic heterocycles. The summed E-state index contributed by atoms with van der Waals surface area (Å²) in [5.41, 5.74) is 0. The molecule has 0 fully saturated rings. The molecule has 12 heavy (non-hydrogen) atoms. The molecule has 0 bridgehead atoms. The first-order chi connectivity index (χ1) is 5.45. The number of rotatable bonds is 5. The van der Waals surface area contributed by atoms with Crippen molar-refractivity contribution in [1.29, 1.82) is 0 Å². The maximum atomic E-state index is 10.7. The van der Waals surface area contributed by atoms with Crippen molar-refractivity contribution in [1.82, 2.24) is 5.32 Å². The van der Waals surface area contributed by atoms with E-state index in [2.05, 4.69) is 5.32 Å². The van der Waals surface area contributed by atoms with Gasteiger partial charge in [-0.3, -0.25) is 4.79 Å². The lowest BCUT2D eigenvalue weighted by Crippen LogP contribution is -2.35. The van der Waals surface area contributed by atoms with E-state index in [1.807, 2.05) is 27.7 Å². The van der Waals surface area contributed by atoms with E-state index < -0.39 is 5.97 Å². The summed E-state index contributed by atoms with van der Waals surface area (Å²) in [5.74, 6) is -0.792. The molecule has 0 saturated carbocycles. The van der Waals surface area contributed by atoms with Gasteiger partial charge in [-0.1, -0.05) is 27.7 Å². The van der Waals surface area contributed by atoms with E-state index >= 15 is 0 Å². The number of carbonyl (C=O) groups is 1. The van der Waals surface area contributed by atoms with Crippen LogP contribution in [0.15, 0.2) is 0 Å². The van der Waals surface area contributed by atoms with Crippen molar-refractivity contribution in [3.8, 4) is 0 Å². The standard InChI is InChI=1S/C9H19NO2/c1-6(2)8(9(11)12)5-10-7(3)4/h6-8,10H,5H2,1-4H3,(H,11,12). The van der Waals surface area contributed by atoms with E-state index in [4.69, 9.17) is 5.11 Å². The van der Waals surface area contributed by atoms with Crippen LogP contribution in [0.4, 0.5) is 0 Å². The summed E-state index contributed by atoms with van der Waals surface area (Å²) in [5, 5.41) is 11.9. The van der Waals surface area contributed by atoms with Gasteiger partial charge < -0.3 is 10.4 Å². The van der Waals surface area contributed by atoms with Gasteiger partial charge in [0.05, 0.1) is 5.92 Å². The van der Waals surface area contributed by atoms with Crippen LogP contribution in [0.3, 0.4) is 0 Å². The second-order valence-corrected chi connectivity index (χ2v) is 3.75. The van der Waals surface area contributed by atoms with Crippen LogP contribution in [-0.4, -0.2) is 23.7 Å². The first-order valence-corrected chi connectivity index (χ1v) is 4.41. The summed E-state index contributed by atoms with van der Waals surface area (Å²) in [6, 6.07) is 0.352. The molecule has 0 aromatic rings. The Labute approximate surface area is 74.2 Å². The Morgan fingerprint density at radius 1 is 1.33 bits per heavy atom. The zero-order valence-electron chi connectivity index (χ0n) is 8.29. The topological polar surface area (TPSA) is 49.3 Å². The van der Waals surface area contributed by atoms with E-state index in [1.165, 1.54) is 0 Å². The minimum atomic E-state index is -0.710. The molecular weight excluding hydrogens is 154 g/mol. The van der Waals surface area contributed by atoms with Crippen molar-refractivity contribution in [2.24, 2.45) is 11.8 Å². The minimum absolute atomic E-state index is 0.189. The molecule has 72 valence electrons. The van der Waals surface area contributed by atoms with Crippen LogP contribution < -0.4 is 5.32 Å². The maximum absolute atomic E-state index is 10.7. The second-order valence-electron chi connectivity index (χ2n) is 3.75. The molecule has 0 aliphatic carbocycles. The monoisotopic (exact) mass is 173 g/mol. The van der Waals surface area contributed by atoms with Crippen molar-refractivity contribution < 1.29 is 9.90 Å². The Morgan fingerprint density at radius 3 is 2.08 bits per heavy atom. The molecule has 2 N–H and O–H groups in total. The molecule has 3 nitrogen and oxygen atoms in total. The molecule has 0 saturated heterocycles. The highest BCUT2D eigenvalue weighted by Crippen LogP contribution is 2.09. The number of hydrogen-bond acceptors (Lipinski definition) is 2. The lowest BCUT2D eigenvalue weighted by molar-refractivity contribution is -0.143.